The zero-order valence-corrected chi connectivity index (χ0v) is 14.6. The molecule has 1 aliphatic heterocycles. The van der Waals surface area contributed by atoms with E-state index in [0.29, 0.717) is 19.2 Å². The SMILES string of the molecule is CCOC(=O)c1ccc(CN2CCCC2CC(O)c2cccs2)o1. The molecule has 2 atom stereocenters. The number of likely N-dealkylation sites (tertiary alicyclic amines) is 1. The molecule has 1 N–H and O–H groups in total. The molecule has 0 aromatic carbocycles. The monoisotopic (exact) mass is 349 g/mol. The maximum Gasteiger partial charge on any atom is 0.374 e. The molecule has 1 fully saturated rings. The minimum Gasteiger partial charge on any atom is -0.460 e. The molecule has 2 aromatic rings. The van der Waals surface area contributed by atoms with Gasteiger partial charge in [-0.25, -0.2) is 4.79 Å². The number of furan rings is 1. The fourth-order valence-corrected chi connectivity index (χ4v) is 3.92. The Hall–Kier alpha value is -1.63. The average molecular weight is 349 g/mol. The number of esters is 1. The molecule has 5 nitrogen and oxygen atoms in total. The summed E-state index contributed by atoms with van der Waals surface area (Å²) in [5.41, 5.74) is 0. The molecule has 24 heavy (non-hydrogen) atoms. The first kappa shape index (κ1) is 17.2. The lowest BCUT2D eigenvalue weighted by Gasteiger charge is -2.25. The summed E-state index contributed by atoms with van der Waals surface area (Å²) < 4.78 is 10.6. The molecule has 1 saturated heterocycles. The van der Waals surface area contributed by atoms with Crippen molar-refractivity contribution in [2.45, 2.75) is 44.9 Å². The van der Waals surface area contributed by atoms with Crippen LogP contribution in [0.5, 0.6) is 0 Å². The van der Waals surface area contributed by atoms with Crippen molar-refractivity contribution in [1.82, 2.24) is 4.90 Å². The molecule has 0 spiro atoms. The highest BCUT2D eigenvalue weighted by Gasteiger charge is 2.28. The third-order valence-corrected chi connectivity index (χ3v) is 5.34. The second-order valence-electron chi connectivity index (χ2n) is 6.02. The molecule has 130 valence electrons. The highest BCUT2D eigenvalue weighted by atomic mass is 32.1. The van der Waals surface area contributed by atoms with Gasteiger partial charge in [-0.1, -0.05) is 6.07 Å². The zero-order chi connectivity index (χ0) is 16.9. The minimum atomic E-state index is -0.421. The van der Waals surface area contributed by atoms with Crippen LogP contribution in [0.3, 0.4) is 0 Å². The van der Waals surface area contributed by atoms with Gasteiger partial charge in [-0.3, -0.25) is 4.90 Å². The number of hydrogen-bond donors (Lipinski definition) is 1. The van der Waals surface area contributed by atoms with Gasteiger partial charge in [0.2, 0.25) is 5.76 Å². The van der Waals surface area contributed by atoms with Crippen LogP contribution in [0.25, 0.3) is 0 Å². The topological polar surface area (TPSA) is 62.9 Å². The van der Waals surface area contributed by atoms with Crippen molar-refractivity contribution in [2.75, 3.05) is 13.2 Å². The van der Waals surface area contributed by atoms with Crippen molar-refractivity contribution in [1.29, 1.82) is 0 Å². The third kappa shape index (κ3) is 4.06. The van der Waals surface area contributed by atoms with E-state index < -0.39 is 12.1 Å². The maximum atomic E-state index is 11.7. The standard InChI is InChI=1S/C18H23NO4S/c1-2-22-18(21)16-8-7-14(23-16)12-19-9-3-5-13(19)11-15(20)17-6-4-10-24-17/h4,6-8,10,13,15,20H,2-3,5,9,11-12H2,1H3. The number of aliphatic hydroxyl groups is 1. The zero-order valence-electron chi connectivity index (χ0n) is 13.8. The van der Waals surface area contributed by atoms with Gasteiger partial charge in [0.25, 0.3) is 0 Å². The maximum absolute atomic E-state index is 11.7. The first-order valence-electron chi connectivity index (χ1n) is 8.38. The van der Waals surface area contributed by atoms with Crippen molar-refractivity contribution in [3.8, 4) is 0 Å². The number of nitrogens with zero attached hydrogens (tertiary/aromatic N) is 1. The number of hydrogen-bond acceptors (Lipinski definition) is 6. The summed E-state index contributed by atoms with van der Waals surface area (Å²) >= 11 is 1.59. The van der Waals surface area contributed by atoms with Gasteiger partial charge < -0.3 is 14.3 Å². The van der Waals surface area contributed by atoms with E-state index in [1.807, 2.05) is 23.6 Å². The number of carbonyl (C=O) groups excluding carboxylic acids is 1. The molecule has 1 aliphatic rings. The summed E-state index contributed by atoms with van der Waals surface area (Å²) in [6, 6.07) is 7.77. The predicted octanol–water partition coefficient (Wildman–Crippen LogP) is 3.61. The quantitative estimate of drug-likeness (QED) is 0.774. The molecule has 0 aliphatic carbocycles. The van der Waals surface area contributed by atoms with E-state index in [4.69, 9.17) is 9.15 Å². The van der Waals surface area contributed by atoms with Crippen molar-refractivity contribution in [3.63, 3.8) is 0 Å². The van der Waals surface area contributed by atoms with E-state index in [1.165, 1.54) is 0 Å². The fraction of sp³-hybridized carbons (Fsp3) is 0.500. The Morgan fingerprint density at radius 1 is 1.50 bits per heavy atom. The molecule has 6 heteroatoms. The van der Waals surface area contributed by atoms with Gasteiger partial charge in [0.15, 0.2) is 0 Å². The van der Waals surface area contributed by atoms with Crippen molar-refractivity contribution in [2.24, 2.45) is 0 Å². The van der Waals surface area contributed by atoms with Crippen LogP contribution in [-0.4, -0.2) is 35.2 Å². The summed E-state index contributed by atoms with van der Waals surface area (Å²) in [5, 5.41) is 12.4. The Morgan fingerprint density at radius 2 is 2.38 bits per heavy atom. The number of rotatable bonds is 7. The fourth-order valence-electron chi connectivity index (χ4n) is 3.20. The summed E-state index contributed by atoms with van der Waals surface area (Å²) in [6.45, 7) is 3.75. The molecule has 2 unspecified atom stereocenters. The lowest BCUT2D eigenvalue weighted by Crippen LogP contribution is -2.30. The van der Waals surface area contributed by atoms with Crippen molar-refractivity contribution < 1.29 is 19.1 Å². The van der Waals surface area contributed by atoms with Gasteiger partial charge in [-0.2, -0.15) is 0 Å². The van der Waals surface area contributed by atoms with Crippen LogP contribution in [0.1, 0.15) is 53.5 Å². The molecule has 0 saturated carbocycles. The first-order chi connectivity index (χ1) is 11.7. The molecule has 0 amide bonds. The third-order valence-electron chi connectivity index (χ3n) is 4.36. The van der Waals surface area contributed by atoms with Crippen LogP contribution < -0.4 is 0 Å². The van der Waals surface area contributed by atoms with E-state index in [0.717, 1.165) is 36.4 Å². The van der Waals surface area contributed by atoms with Crippen molar-refractivity contribution in [3.05, 3.63) is 46.0 Å². The van der Waals surface area contributed by atoms with Crippen molar-refractivity contribution >= 4 is 17.3 Å². The largest absolute Gasteiger partial charge is 0.460 e. The Bertz CT molecular complexity index is 652. The molecule has 0 bridgehead atoms. The first-order valence-corrected chi connectivity index (χ1v) is 9.26. The Morgan fingerprint density at radius 3 is 3.12 bits per heavy atom. The summed E-state index contributed by atoms with van der Waals surface area (Å²) in [5.74, 6) is 0.589. The molecular weight excluding hydrogens is 326 g/mol. The Balaban J connectivity index is 1.59. The van der Waals surface area contributed by atoms with Crippen LogP contribution >= 0.6 is 11.3 Å². The van der Waals surface area contributed by atoms with Gasteiger partial charge in [-0.15, -0.1) is 11.3 Å². The number of ether oxygens (including phenoxy) is 1. The van der Waals surface area contributed by atoms with Crippen LogP contribution in [0.15, 0.2) is 34.1 Å². The highest BCUT2D eigenvalue weighted by Crippen LogP contribution is 2.30. The highest BCUT2D eigenvalue weighted by molar-refractivity contribution is 7.10. The second-order valence-corrected chi connectivity index (χ2v) is 7.00. The van der Waals surface area contributed by atoms with E-state index in [1.54, 1.807) is 24.3 Å². The predicted molar refractivity (Wildman–Crippen MR) is 92.0 cm³/mol. The smallest absolute Gasteiger partial charge is 0.374 e. The van der Waals surface area contributed by atoms with Gasteiger partial charge >= 0.3 is 5.97 Å². The Kier molecular flexibility index (Phi) is 5.71. The van der Waals surface area contributed by atoms with E-state index in [2.05, 4.69) is 4.90 Å². The molecule has 2 aromatic heterocycles. The van der Waals surface area contributed by atoms with Gasteiger partial charge in [0.1, 0.15) is 5.76 Å². The molecule has 3 rings (SSSR count). The Labute approximate surface area is 145 Å². The van der Waals surface area contributed by atoms with Crippen LogP contribution in [-0.2, 0) is 11.3 Å². The number of carbonyl (C=O) groups is 1. The van der Waals surface area contributed by atoms with Crippen LogP contribution in [0, 0.1) is 0 Å². The van der Waals surface area contributed by atoms with Gasteiger partial charge in [-0.05, 0) is 56.3 Å². The molecule has 3 heterocycles. The lowest BCUT2D eigenvalue weighted by molar-refractivity contribution is 0.0485. The molecule has 0 radical (unpaired) electrons. The number of thiophene rings is 1. The summed E-state index contributed by atoms with van der Waals surface area (Å²) in [7, 11) is 0. The van der Waals surface area contributed by atoms with Gasteiger partial charge in [0.05, 0.1) is 19.3 Å². The van der Waals surface area contributed by atoms with E-state index in [-0.39, 0.29) is 5.76 Å². The van der Waals surface area contributed by atoms with E-state index in [9.17, 15) is 9.90 Å². The van der Waals surface area contributed by atoms with E-state index >= 15 is 0 Å². The average Bonchev–Trinajstić information content (AvgIpc) is 3.30. The molecular formula is C18H23NO4S. The lowest BCUT2D eigenvalue weighted by atomic mass is 10.1. The second kappa shape index (κ2) is 7.96. The summed E-state index contributed by atoms with van der Waals surface area (Å²) in [4.78, 5) is 15.0. The van der Waals surface area contributed by atoms with Crippen LogP contribution in [0.4, 0.5) is 0 Å². The normalized spacial score (nSPS) is 19.5. The minimum absolute atomic E-state index is 0.251. The van der Waals surface area contributed by atoms with Crippen LogP contribution in [0.2, 0.25) is 0 Å². The summed E-state index contributed by atoms with van der Waals surface area (Å²) in [6.07, 6.45) is 2.51. The number of aliphatic hydroxyl groups excluding tert-OH is 1. The van der Waals surface area contributed by atoms with Gasteiger partial charge in [0, 0.05) is 10.9 Å².